The Balaban J connectivity index is 3.31. The van der Waals surface area contributed by atoms with E-state index in [2.05, 4.69) is 13.8 Å². The van der Waals surface area contributed by atoms with E-state index in [0.29, 0.717) is 5.92 Å². The average Bonchev–Trinajstić information content (AvgIpc) is 1.86. The molecule has 0 saturated carbocycles. The molecule has 0 aromatic rings. The van der Waals surface area contributed by atoms with Gasteiger partial charge in [-0.3, -0.25) is 4.21 Å². The summed E-state index contributed by atoms with van der Waals surface area (Å²) in [5.41, 5.74) is 0. The second kappa shape index (κ2) is 5.72. The van der Waals surface area contributed by atoms with E-state index in [4.69, 9.17) is 0 Å². The van der Waals surface area contributed by atoms with Crippen molar-refractivity contribution in [3.63, 3.8) is 0 Å². The first kappa shape index (κ1) is 11.1. The summed E-state index contributed by atoms with van der Waals surface area (Å²) in [5, 5.41) is -0.172. The lowest BCUT2D eigenvalue weighted by molar-refractivity contribution is 0.499. The van der Waals surface area contributed by atoms with Gasteiger partial charge in [-0.25, -0.2) is 0 Å². The van der Waals surface area contributed by atoms with Crippen LogP contribution in [0.3, 0.4) is 0 Å². The zero-order valence-electron chi connectivity index (χ0n) is 7.50. The van der Waals surface area contributed by atoms with Gasteiger partial charge in [0.2, 0.25) is 0 Å². The molecule has 0 aliphatic heterocycles. The third-order valence-corrected chi connectivity index (χ3v) is 2.61. The van der Waals surface area contributed by atoms with Crippen molar-refractivity contribution in [2.24, 2.45) is 5.92 Å². The van der Waals surface area contributed by atoms with Crippen molar-refractivity contribution < 1.29 is 8.76 Å². The Morgan fingerprint density at radius 1 is 1.27 bits per heavy atom. The highest BCUT2D eigenvalue weighted by Gasteiger charge is 2.01. The van der Waals surface area contributed by atoms with Crippen LogP contribution in [0.2, 0.25) is 0 Å². The van der Waals surface area contributed by atoms with Crippen LogP contribution in [-0.2, 0) is 11.1 Å². The van der Waals surface area contributed by atoms with Gasteiger partial charge in [-0.2, -0.15) is 0 Å². The summed E-state index contributed by atoms with van der Waals surface area (Å²) in [4.78, 5) is 0. The maximum absolute atomic E-state index is 10.4. The van der Waals surface area contributed by atoms with Crippen LogP contribution < -0.4 is 0 Å². The summed E-state index contributed by atoms with van der Waals surface area (Å²) in [6.07, 6.45) is 2.95. The molecule has 0 fully saturated rings. The van der Waals surface area contributed by atoms with Crippen LogP contribution in [0.1, 0.15) is 40.0 Å². The summed E-state index contributed by atoms with van der Waals surface area (Å²) in [5.74, 6) is 0.683. The van der Waals surface area contributed by atoms with Gasteiger partial charge in [0.15, 0.2) is 0 Å². The standard InChI is InChI=1S/C8H18O2S/c1-7(2)5-4-6-8(3)11(9)10/h7-8H,4-6H2,1-3H3,(H,9,10)/p-1. The Hall–Kier alpha value is 0.110. The smallest absolute Gasteiger partial charge is 0.0187 e. The molecule has 2 unspecified atom stereocenters. The molecule has 0 aromatic heterocycles. The molecular formula is C8H17O2S-. The van der Waals surface area contributed by atoms with Gasteiger partial charge < -0.3 is 4.55 Å². The highest BCUT2D eigenvalue weighted by molar-refractivity contribution is 7.79. The minimum absolute atomic E-state index is 0.172. The maximum atomic E-state index is 10.4. The lowest BCUT2D eigenvalue weighted by Gasteiger charge is -2.14. The van der Waals surface area contributed by atoms with Gasteiger partial charge in [0.05, 0.1) is 0 Å². The highest BCUT2D eigenvalue weighted by Crippen LogP contribution is 2.10. The fraction of sp³-hybridized carbons (Fsp3) is 1.00. The van der Waals surface area contributed by atoms with Crippen LogP contribution in [-0.4, -0.2) is 14.0 Å². The third-order valence-electron chi connectivity index (χ3n) is 1.72. The van der Waals surface area contributed by atoms with Gasteiger partial charge in [0.25, 0.3) is 0 Å². The molecule has 0 radical (unpaired) electrons. The average molecular weight is 177 g/mol. The van der Waals surface area contributed by atoms with Crippen LogP contribution in [0.4, 0.5) is 0 Å². The molecule has 0 spiro atoms. The zero-order valence-corrected chi connectivity index (χ0v) is 8.32. The first-order chi connectivity index (χ1) is 5.04. The van der Waals surface area contributed by atoms with Gasteiger partial charge in [0.1, 0.15) is 0 Å². The van der Waals surface area contributed by atoms with E-state index in [1.165, 1.54) is 0 Å². The molecule has 11 heavy (non-hydrogen) atoms. The summed E-state index contributed by atoms with van der Waals surface area (Å²) >= 11 is -1.88. The van der Waals surface area contributed by atoms with E-state index in [9.17, 15) is 8.76 Å². The molecule has 68 valence electrons. The first-order valence-electron chi connectivity index (χ1n) is 4.12. The van der Waals surface area contributed by atoms with E-state index in [1.807, 2.05) is 0 Å². The third kappa shape index (κ3) is 6.51. The molecule has 2 atom stereocenters. The Morgan fingerprint density at radius 3 is 2.18 bits per heavy atom. The summed E-state index contributed by atoms with van der Waals surface area (Å²) in [6, 6.07) is 0. The van der Waals surface area contributed by atoms with Gasteiger partial charge in [0, 0.05) is 5.25 Å². The number of rotatable bonds is 5. The SMILES string of the molecule is CC(C)CCCC(C)S(=O)[O-]. The quantitative estimate of drug-likeness (QED) is 0.603. The summed E-state index contributed by atoms with van der Waals surface area (Å²) in [7, 11) is 0. The molecule has 3 heteroatoms. The minimum atomic E-state index is -1.88. The molecular weight excluding hydrogens is 160 g/mol. The second-order valence-corrected chi connectivity index (χ2v) is 4.72. The molecule has 0 aromatic carbocycles. The topological polar surface area (TPSA) is 40.1 Å². The van der Waals surface area contributed by atoms with Crippen LogP contribution in [0, 0.1) is 5.92 Å². The van der Waals surface area contributed by atoms with Crippen molar-refractivity contribution in [1.29, 1.82) is 0 Å². The van der Waals surface area contributed by atoms with Gasteiger partial charge in [-0.05, 0) is 12.3 Å². The van der Waals surface area contributed by atoms with E-state index < -0.39 is 11.1 Å². The van der Waals surface area contributed by atoms with Crippen molar-refractivity contribution in [2.45, 2.75) is 45.3 Å². The number of hydrogen-bond acceptors (Lipinski definition) is 2. The molecule has 0 heterocycles. The fourth-order valence-electron chi connectivity index (χ4n) is 0.910. The molecule has 0 aliphatic carbocycles. The fourth-order valence-corrected chi connectivity index (χ4v) is 1.27. The maximum Gasteiger partial charge on any atom is 0.0187 e. The lowest BCUT2D eigenvalue weighted by Crippen LogP contribution is -2.09. The van der Waals surface area contributed by atoms with Crippen molar-refractivity contribution in [3.8, 4) is 0 Å². The molecule has 0 rings (SSSR count). The molecule has 0 saturated heterocycles. The van der Waals surface area contributed by atoms with Gasteiger partial charge >= 0.3 is 0 Å². The van der Waals surface area contributed by atoms with E-state index in [-0.39, 0.29) is 5.25 Å². The van der Waals surface area contributed by atoms with Crippen LogP contribution >= 0.6 is 0 Å². The van der Waals surface area contributed by atoms with Gasteiger partial charge in [-0.1, -0.05) is 44.7 Å². The van der Waals surface area contributed by atoms with Gasteiger partial charge in [-0.15, -0.1) is 0 Å². The molecule has 0 N–H and O–H groups in total. The van der Waals surface area contributed by atoms with E-state index >= 15 is 0 Å². The first-order valence-corrected chi connectivity index (χ1v) is 5.26. The minimum Gasteiger partial charge on any atom is -0.772 e. The predicted molar refractivity (Wildman–Crippen MR) is 47.1 cm³/mol. The monoisotopic (exact) mass is 177 g/mol. The molecule has 2 nitrogen and oxygen atoms in total. The Labute approximate surface area is 71.7 Å². The molecule has 0 amide bonds. The van der Waals surface area contributed by atoms with Crippen LogP contribution in [0.25, 0.3) is 0 Å². The Bertz CT molecular complexity index is 123. The number of hydrogen-bond donors (Lipinski definition) is 0. The second-order valence-electron chi connectivity index (χ2n) is 3.40. The van der Waals surface area contributed by atoms with Crippen molar-refractivity contribution in [2.75, 3.05) is 0 Å². The van der Waals surface area contributed by atoms with E-state index in [1.54, 1.807) is 6.92 Å². The van der Waals surface area contributed by atoms with Crippen LogP contribution in [0.5, 0.6) is 0 Å². The normalized spacial score (nSPS) is 16.8. The molecule has 0 aliphatic rings. The predicted octanol–water partition coefficient (Wildman–Crippen LogP) is 2.08. The lowest BCUT2D eigenvalue weighted by atomic mass is 10.1. The zero-order chi connectivity index (χ0) is 8.85. The van der Waals surface area contributed by atoms with E-state index in [0.717, 1.165) is 19.3 Å². The van der Waals surface area contributed by atoms with Crippen LogP contribution in [0.15, 0.2) is 0 Å². The summed E-state index contributed by atoms with van der Waals surface area (Å²) in [6.45, 7) is 6.06. The Kier molecular flexibility index (Phi) is 5.78. The van der Waals surface area contributed by atoms with Crippen molar-refractivity contribution in [3.05, 3.63) is 0 Å². The largest absolute Gasteiger partial charge is 0.772 e. The Morgan fingerprint density at radius 2 is 1.82 bits per heavy atom. The van der Waals surface area contributed by atoms with Crippen molar-refractivity contribution in [1.82, 2.24) is 0 Å². The molecule has 0 bridgehead atoms. The highest BCUT2D eigenvalue weighted by atomic mass is 32.2. The van der Waals surface area contributed by atoms with Crippen molar-refractivity contribution >= 4 is 11.1 Å². The summed E-state index contributed by atoms with van der Waals surface area (Å²) < 4.78 is 20.7.